The third kappa shape index (κ3) is 2.61. The van der Waals surface area contributed by atoms with Gasteiger partial charge in [0.2, 0.25) is 0 Å². The molecule has 0 saturated heterocycles. The number of nitrogens with zero attached hydrogens (tertiary/aromatic N) is 1. The highest BCUT2D eigenvalue weighted by molar-refractivity contribution is 8.13. The van der Waals surface area contributed by atoms with Crippen molar-refractivity contribution in [2.45, 2.75) is 11.8 Å². The summed E-state index contributed by atoms with van der Waals surface area (Å²) in [6.07, 6.45) is 0. The number of hydrogen-bond acceptors (Lipinski definition) is 5. The van der Waals surface area contributed by atoms with Crippen LogP contribution >= 0.6 is 10.7 Å². The molecule has 16 heavy (non-hydrogen) atoms. The van der Waals surface area contributed by atoms with Crippen LogP contribution in [0.1, 0.15) is 6.92 Å². The maximum atomic E-state index is 11.1. The van der Waals surface area contributed by atoms with Crippen molar-refractivity contribution in [1.82, 2.24) is 0 Å². The number of rotatable bonds is 4. The Hall–Kier alpha value is -1.34. The number of nitro benzene ring substituents is 1. The molecule has 8 heteroatoms. The first-order valence-electron chi connectivity index (χ1n) is 4.22. The monoisotopic (exact) mass is 265 g/mol. The van der Waals surface area contributed by atoms with Gasteiger partial charge in [0, 0.05) is 10.7 Å². The zero-order valence-corrected chi connectivity index (χ0v) is 9.79. The summed E-state index contributed by atoms with van der Waals surface area (Å²) in [5, 5.41) is 10.8. The molecule has 0 bridgehead atoms. The summed E-state index contributed by atoms with van der Waals surface area (Å²) in [5.41, 5.74) is -0.639. The van der Waals surface area contributed by atoms with Gasteiger partial charge in [0.1, 0.15) is 0 Å². The average molecular weight is 266 g/mol. The van der Waals surface area contributed by atoms with Gasteiger partial charge in [-0.25, -0.2) is 8.42 Å². The van der Waals surface area contributed by atoms with E-state index in [1.807, 2.05) is 0 Å². The van der Waals surface area contributed by atoms with E-state index in [0.717, 1.165) is 6.07 Å². The van der Waals surface area contributed by atoms with Crippen LogP contribution in [0.15, 0.2) is 23.1 Å². The molecule has 0 amide bonds. The van der Waals surface area contributed by atoms with Crippen molar-refractivity contribution in [3.8, 4) is 5.75 Å². The molecule has 1 aromatic rings. The molecule has 0 N–H and O–H groups in total. The van der Waals surface area contributed by atoms with Gasteiger partial charge in [-0.15, -0.1) is 0 Å². The first-order chi connectivity index (χ1) is 7.38. The number of para-hydroxylation sites is 1. The molecule has 0 fully saturated rings. The molecule has 0 aliphatic rings. The third-order valence-electron chi connectivity index (χ3n) is 1.71. The molecule has 0 heterocycles. The van der Waals surface area contributed by atoms with Crippen molar-refractivity contribution >= 4 is 25.4 Å². The second-order valence-corrected chi connectivity index (χ2v) is 5.27. The first kappa shape index (κ1) is 12.7. The van der Waals surface area contributed by atoms with Crippen molar-refractivity contribution in [2.24, 2.45) is 0 Å². The number of halogens is 1. The van der Waals surface area contributed by atoms with Crippen molar-refractivity contribution in [1.29, 1.82) is 0 Å². The van der Waals surface area contributed by atoms with Gasteiger partial charge in [-0.3, -0.25) is 10.1 Å². The summed E-state index contributed by atoms with van der Waals surface area (Å²) in [5.74, 6) is -0.116. The lowest BCUT2D eigenvalue weighted by Crippen LogP contribution is -2.03. The van der Waals surface area contributed by atoms with Crippen LogP contribution in [0.5, 0.6) is 5.75 Å². The highest BCUT2D eigenvalue weighted by atomic mass is 35.7. The fourth-order valence-corrected chi connectivity index (χ4v) is 2.17. The van der Waals surface area contributed by atoms with Crippen molar-refractivity contribution in [3.05, 3.63) is 28.3 Å². The predicted molar refractivity (Wildman–Crippen MR) is 57.3 cm³/mol. The van der Waals surface area contributed by atoms with E-state index in [1.54, 1.807) is 6.92 Å². The summed E-state index contributed by atoms with van der Waals surface area (Å²) >= 11 is 0. The normalized spacial score (nSPS) is 11.1. The van der Waals surface area contributed by atoms with Crippen LogP contribution in [-0.2, 0) is 9.05 Å². The Balaban J connectivity index is 3.51. The van der Waals surface area contributed by atoms with Crippen molar-refractivity contribution in [3.63, 3.8) is 0 Å². The van der Waals surface area contributed by atoms with Gasteiger partial charge in [0.25, 0.3) is 9.05 Å². The quantitative estimate of drug-likeness (QED) is 0.471. The molecular weight excluding hydrogens is 258 g/mol. The maximum absolute atomic E-state index is 11.1. The molecule has 0 aliphatic heterocycles. The highest BCUT2D eigenvalue weighted by Crippen LogP contribution is 2.35. The Bertz CT molecular complexity index is 513. The van der Waals surface area contributed by atoms with E-state index in [1.165, 1.54) is 12.1 Å². The average Bonchev–Trinajstić information content (AvgIpc) is 2.16. The predicted octanol–water partition coefficient (Wildman–Crippen LogP) is 1.92. The number of nitro groups is 1. The summed E-state index contributed by atoms with van der Waals surface area (Å²) in [6, 6.07) is 3.70. The van der Waals surface area contributed by atoms with Gasteiger partial charge in [-0.1, -0.05) is 6.07 Å². The molecule has 0 aliphatic carbocycles. The second kappa shape index (κ2) is 4.67. The van der Waals surface area contributed by atoms with Gasteiger partial charge >= 0.3 is 5.69 Å². The molecule has 0 unspecified atom stereocenters. The fourth-order valence-electron chi connectivity index (χ4n) is 1.15. The van der Waals surface area contributed by atoms with Gasteiger partial charge in [0.15, 0.2) is 10.6 Å². The molecule has 6 nitrogen and oxygen atoms in total. The van der Waals surface area contributed by atoms with E-state index in [9.17, 15) is 18.5 Å². The minimum Gasteiger partial charge on any atom is -0.487 e. The smallest absolute Gasteiger partial charge is 0.330 e. The Labute approximate surface area is 96.4 Å². The van der Waals surface area contributed by atoms with E-state index >= 15 is 0 Å². The standard InChI is InChI=1S/C8H8ClNO5S/c1-2-15-6-4-3-5-7(16(9,13)14)8(6)10(11)12/h3-5H,2H2,1H3. The number of hydrogen-bond donors (Lipinski definition) is 0. The lowest BCUT2D eigenvalue weighted by molar-refractivity contribution is -0.388. The lowest BCUT2D eigenvalue weighted by Gasteiger charge is -2.05. The Morgan fingerprint density at radius 1 is 1.50 bits per heavy atom. The highest BCUT2D eigenvalue weighted by Gasteiger charge is 2.28. The molecule has 0 saturated carbocycles. The Morgan fingerprint density at radius 2 is 2.12 bits per heavy atom. The zero-order chi connectivity index (χ0) is 12.3. The van der Waals surface area contributed by atoms with Crippen LogP contribution < -0.4 is 4.74 Å². The third-order valence-corrected chi connectivity index (χ3v) is 3.06. The van der Waals surface area contributed by atoms with Gasteiger partial charge in [-0.05, 0) is 19.1 Å². The minimum atomic E-state index is -4.17. The van der Waals surface area contributed by atoms with E-state index < -0.39 is 24.6 Å². The largest absolute Gasteiger partial charge is 0.487 e. The molecule has 1 rings (SSSR count). The van der Waals surface area contributed by atoms with E-state index in [-0.39, 0.29) is 12.4 Å². The van der Waals surface area contributed by atoms with Gasteiger partial charge < -0.3 is 4.74 Å². The van der Waals surface area contributed by atoms with Crippen LogP contribution in [0.4, 0.5) is 5.69 Å². The SMILES string of the molecule is CCOc1cccc(S(=O)(=O)Cl)c1[N+](=O)[O-]. The summed E-state index contributed by atoms with van der Waals surface area (Å²) in [7, 11) is 0.923. The molecule has 0 aromatic heterocycles. The van der Waals surface area contributed by atoms with Crippen LogP contribution in [0.25, 0.3) is 0 Å². The van der Waals surface area contributed by atoms with Crippen molar-refractivity contribution in [2.75, 3.05) is 6.61 Å². The molecule has 0 atom stereocenters. The van der Waals surface area contributed by atoms with E-state index in [4.69, 9.17) is 15.4 Å². The Morgan fingerprint density at radius 3 is 2.56 bits per heavy atom. The molecule has 88 valence electrons. The topological polar surface area (TPSA) is 86.5 Å². The van der Waals surface area contributed by atoms with Crippen LogP contribution in [0.3, 0.4) is 0 Å². The van der Waals surface area contributed by atoms with Gasteiger partial charge in [0.05, 0.1) is 11.5 Å². The zero-order valence-electron chi connectivity index (χ0n) is 8.21. The second-order valence-electron chi connectivity index (χ2n) is 2.73. The number of benzene rings is 1. The van der Waals surface area contributed by atoms with Crippen LogP contribution in [0.2, 0.25) is 0 Å². The molecule has 1 aromatic carbocycles. The molecular formula is C8H8ClNO5S. The maximum Gasteiger partial charge on any atom is 0.330 e. The fraction of sp³-hybridized carbons (Fsp3) is 0.250. The first-order valence-corrected chi connectivity index (χ1v) is 6.53. The number of ether oxygens (including phenoxy) is 1. The van der Waals surface area contributed by atoms with Crippen molar-refractivity contribution < 1.29 is 18.1 Å². The minimum absolute atomic E-state index is 0.116. The van der Waals surface area contributed by atoms with Gasteiger partial charge in [-0.2, -0.15) is 0 Å². The van der Waals surface area contributed by atoms with Crippen LogP contribution in [0, 0.1) is 10.1 Å². The summed E-state index contributed by atoms with van der Waals surface area (Å²) in [6.45, 7) is 1.82. The van der Waals surface area contributed by atoms with E-state index in [0.29, 0.717) is 0 Å². The van der Waals surface area contributed by atoms with E-state index in [2.05, 4.69) is 0 Å². The Kier molecular flexibility index (Phi) is 3.71. The lowest BCUT2D eigenvalue weighted by atomic mass is 10.3. The van der Waals surface area contributed by atoms with Crippen LogP contribution in [-0.4, -0.2) is 19.9 Å². The summed E-state index contributed by atoms with van der Waals surface area (Å²) < 4.78 is 27.2. The molecule has 0 spiro atoms. The summed E-state index contributed by atoms with van der Waals surface area (Å²) in [4.78, 5) is 9.37. The molecule has 0 radical (unpaired) electrons.